The smallest absolute Gasteiger partial charge is 0.255 e. The van der Waals surface area contributed by atoms with Gasteiger partial charge < -0.3 is 20.9 Å². The molecule has 0 bridgehead atoms. The van der Waals surface area contributed by atoms with Gasteiger partial charge in [0, 0.05) is 42.8 Å². The second-order valence-corrected chi connectivity index (χ2v) is 11.2. The van der Waals surface area contributed by atoms with Crippen LogP contribution >= 0.6 is 11.6 Å². The summed E-state index contributed by atoms with van der Waals surface area (Å²) < 4.78 is 1.75. The van der Waals surface area contributed by atoms with Crippen LogP contribution in [0.3, 0.4) is 0 Å². The van der Waals surface area contributed by atoms with Crippen LogP contribution in [-0.2, 0) is 11.8 Å². The number of rotatable bonds is 4. The third kappa shape index (κ3) is 4.78. The molecule has 10 nitrogen and oxygen atoms in total. The number of carbonyl (C=O) groups is 2. The summed E-state index contributed by atoms with van der Waals surface area (Å²) in [5, 5.41) is 9.01. The number of amides is 2. The fraction of sp³-hybridized carbons (Fsp3) is 0.423. The number of hydrogen-bond acceptors (Lipinski definition) is 6. The molecule has 1 aliphatic heterocycles. The van der Waals surface area contributed by atoms with Gasteiger partial charge in [-0.3, -0.25) is 14.3 Å². The molecule has 0 aliphatic carbocycles. The lowest BCUT2D eigenvalue weighted by molar-refractivity contribution is -0.136. The van der Waals surface area contributed by atoms with Gasteiger partial charge in [0.15, 0.2) is 5.65 Å². The summed E-state index contributed by atoms with van der Waals surface area (Å²) in [5.41, 5.74) is 8.73. The molecular weight excluding hydrogens is 492 g/mol. The van der Waals surface area contributed by atoms with Crippen molar-refractivity contribution in [1.82, 2.24) is 34.9 Å². The average Bonchev–Trinajstić information content (AvgIpc) is 3.42. The predicted molar refractivity (Wildman–Crippen MR) is 143 cm³/mol. The van der Waals surface area contributed by atoms with Crippen molar-refractivity contribution < 1.29 is 9.59 Å². The number of aromatic amines is 1. The monoisotopic (exact) mass is 522 g/mol. The van der Waals surface area contributed by atoms with Gasteiger partial charge >= 0.3 is 0 Å². The van der Waals surface area contributed by atoms with Gasteiger partial charge in [0.25, 0.3) is 5.91 Å². The number of H-pyrrole nitrogens is 1. The third-order valence-electron chi connectivity index (χ3n) is 6.92. The SMILES string of the molecule is Cn1nc(-c2cnc3[nH]cc(C(=O)N[C@@H](C(=O)N4CCC(N)CC4)C(C)(C)C)c3n2)c2cc(Cl)ccc21. The molecule has 0 unspecified atom stereocenters. The van der Waals surface area contributed by atoms with Crippen LogP contribution in [0, 0.1) is 5.41 Å². The molecule has 4 heterocycles. The molecule has 194 valence electrons. The van der Waals surface area contributed by atoms with E-state index in [1.807, 2.05) is 46.0 Å². The Balaban J connectivity index is 1.47. The number of halogens is 1. The standard InChI is InChI=1S/C26H31ClN8O2/c1-26(2,3)22(25(37)35-9-7-15(28)8-10-35)32-24(36)17-12-29-23-21(17)31-18(13-30-23)20-16-11-14(27)5-6-19(16)34(4)33-20/h5-6,11-13,15,22H,7-10,28H2,1-4H3,(H,29,30)(H,32,36)/t22-/m0/s1. The molecule has 1 fully saturated rings. The quantitative estimate of drug-likeness (QED) is 0.376. The van der Waals surface area contributed by atoms with Crippen molar-refractivity contribution in [1.29, 1.82) is 0 Å². The first-order chi connectivity index (χ1) is 17.5. The molecule has 1 atom stereocenters. The van der Waals surface area contributed by atoms with E-state index in [2.05, 4.69) is 20.4 Å². The predicted octanol–water partition coefficient (Wildman–Crippen LogP) is 3.26. The molecule has 4 aromatic rings. The Morgan fingerprint density at radius 1 is 1.24 bits per heavy atom. The van der Waals surface area contributed by atoms with Crippen LogP contribution in [0.25, 0.3) is 33.5 Å². The Labute approximate surface area is 219 Å². The molecule has 4 N–H and O–H groups in total. The summed E-state index contributed by atoms with van der Waals surface area (Å²) in [6.45, 7) is 7.00. The van der Waals surface area contributed by atoms with Gasteiger partial charge in [0.2, 0.25) is 5.91 Å². The van der Waals surface area contributed by atoms with E-state index in [1.165, 1.54) is 0 Å². The fourth-order valence-corrected chi connectivity index (χ4v) is 4.94. The van der Waals surface area contributed by atoms with Crippen molar-refractivity contribution in [2.75, 3.05) is 13.1 Å². The highest BCUT2D eigenvalue weighted by Gasteiger charge is 2.37. The summed E-state index contributed by atoms with van der Waals surface area (Å²) in [4.78, 5) is 41.0. The minimum Gasteiger partial charge on any atom is -0.344 e. The molecule has 1 saturated heterocycles. The van der Waals surface area contributed by atoms with Crippen molar-refractivity contribution in [3.63, 3.8) is 0 Å². The van der Waals surface area contributed by atoms with Crippen molar-refractivity contribution in [3.8, 4) is 11.4 Å². The Hall–Kier alpha value is -3.50. The van der Waals surface area contributed by atoms with Gasteiger partial charge in [0.1, 0.15) is 22.9 Å². The molecule has 2 amide bonds. The van der Waals surface area contributed by atoms with E-state index >= 15 is 0 Å². The molecule has 1 aromatic carbocycles. The first kappa shape index (κ1) is 25.2. The lowest BCUT2D eigenvalue weighted by atomic mass is 9.85. The van der Waals surface area contributed by atoms with E-state index in [9.17, 15) is 9.59 Å². The summed E-state index contributed by atoms with van der Waals surface area (Å²) in [6, 6.07) is 4.94. The number of aromatic nitrogens is 5. The molecule has 0 spiro atoms. The Kier molecular flexibility index (Phi) is 6.41. The number of nitrogens with one attached hydrogen (secondary N) is 2. The summed E-state index contributed by atoms with van der Waals surface area (Å²) >= 11 is 6.24. The Bertz CT molecular complexity index is 1490. The first-order valence-corrected chi connectivity index (χ1v) is 12.7. The van der Waals surface area contributed by atoms with Gasteiger partial charge in [-0.25, -0.2) is 9.97 Å². The Morgan fingerprint density at radius 2 is 1.97 bits per heavy atom. The number of fused-ring (bicyclic) bond motifs is 2. The maximum absolute atomic E-state index is 13.5. The van der Waals surface area contributed by atoms with E-state index in [4.69, 9.17) is 22.3 Å². The maximum Gasteiger partial charge on any atom is 0.255 e. The van der Waals surface area contributed by atoms with Gasteiger partial charge in [-0.2, -0.15) is 5.10 Å². The van der Waals surface area contributed by atoms with Crippen LogP contribution in [0.4, 0.5) is 0 Å². The largest absolute Gasteiger partial charge is 0.344 e. The lowest BCUT2D eigenvalue weighted by Crippen LogP contribution is -2.56. The summed E-state index contributed by atoms with van der Waals surface area (Å²) in [7, 11) is 1.85. The molecule has 37 heavy (non-hydrogen) atoms. The maximum atomic E-state index is 13.5. The molecular formula is C26H31ClN8O2. The van der Waals surface area contributed by atoms with Gasteiger partial charge in [-0.05, 0) is 36.5 Å². The highest BCUT2D eigenvalue weighted by molar-refractivity contribution is 6.31. The Morgan fingerprint density at radius 3 is 2.68 bits per heavy atom. The number of nitrogens with zero attached hydrogens (tertiary/aromatic N) is 5. The van der Waals surface area contributed by atoms with Gasteiger partial charge in [-0.15, -0.1) is 0 Å². The van der Waals surface area contributed by atoms with Crippen LogP contribution in [0.1, 0.15) is 44.0 Å². The molecule has 1 aliphatic rings. The van der Waals surface area contributed by atoms with Gasteiger partial charge in [0.05, 0.1) is 17.3 Å². The van der Waals surface area contributed by atoms with Crippen LogP contribution in [0.2, 0.25) is 5.02 Å². The van der Waals surface area contributed by atoms with E-state index in [-0.39, 0.29) is 11.9 Å². The van der Waals surface area contributed by atoms with E-state index in [0.717, 1.165) is 23.7 Å². The topological polar surface area (TPSA) is 135 Å². The zero-order chi connectivity index (χ0) is 26.5. The second kappa shape index (κ2) is 9.42. The molecule has 0 saturated carbocycles. The van der Waals surface area contributed by atoms with Crippen molar-refractivity contribution in [2.45, 2.75) is 45.7 Å². The van der Waals surface area contributed by atoms with Crippen molar-refractivity contribution in [2.24, 2.45) is 18.2 Å². The van der Waals surface area contributed by atoms with E-state index in [0.29, 0.717) is 46.2 Å². The number of carbonyl (C=O) groups excluding carboxylic acids is 2. The highest BCUT2D eigenvalue weighted by atomic mass is 35.5. The van der Waals surface area contributed by atoms with Crippen molar-refractivity contribution >= 4 is 45.5 Å². The van der Waals surface area contributed by atoms with E-state index < -0.39 is 17.4 Å². The molecule has 3 aromatic heterocycles. The van der Waals surface area contributed by atoms with Crippen molar-refractivity contribution in [3.05, 3.63) is 41.2 Å². The number of aryl methyl sites for hydroxylation is 1. The number of likely N-dealkylation sites (tertiary alicyclic amines) is 1. The number of benzene rings is 1. The van der Waals surface area contributed by atoms with Crippen LogP contribution in [-0.4, -0.2) is 66.6 Å². The highest BCUT2D eigenvalue weighted by Crippen LogP contribution is 2.30. The molecule has 11 heteroatoms. The normalized spacial score (nSPS) is 15.9. The third-order valence-corrected chi connectivity index (χ3v) is 7.16. The molecule has 5 rings (SSSR count). The average molecular weight is 523 g/mol. The molecule has 0 radical (unpaired) electrons. The fourth-order valence-electron chi connectivity index (χ4n) is 4.77. The number of piperidine rings is 1. The zero-order valence-electron chi connectivity index (χ0n) is 21.4. The van der Waals surface area contributed by atoms with Crippen LogP contribution < -0.4 is 11.1 Å². The summed E-state index contributed by atoms with van der Waals surface area (Å²) in [6.07, 6.45) is 4.70. The van der Waals surface area contributed by atoms with Crippen LogP contribution in [0.15, 0.2) is 30.6 Å². The van der Waals surface area contributed by atoms with Crippen LogP contribution in [0.5, 0.6) is 0 Å². The second-order valence-electron chi connectivity index (χ2n) is 10.7. The summed E-state index contributed by atoms with van der Waals surface area (Å²) in [5.74, 6) is -0.496. The minimum atomic E-state index is -0.711. The number of nitrogens with two attached hydrogens (primary N) is 1. The van der Waals surface area contributed by atoms with Gasteiger partial charge in [-0.1, -0.05) is 32.4 Å². The first-order valence-electron chi connectivity index (χ1n) is 12.3. The minimum absolute atomic E-state index is 0.101. The lowest BCUT2D eigenvalue weighted by Gasteiger charge is -2.37. The van der Waals surface area contributed by atoms with E-state index in [1.54, 1.807) is 22.0 Å². The zero-order valence-corrected chi connectivity index (χ0v) is 22.1. The number of hydrogen-bond donors (Lipinski definition) is 3.